The normalized spacial score (nSPS) is 22.3. The molecule has 1 rings (SSSR count). The standard InChI is InChI=1S/C6H11O3/c1-7-5-6-8-3-2-4-9-6/h2,6H,3-5H2,1H3. The SMILES string of the molecule is COCC1OC[CH]CO1. The highest BCUT2D eigenvalue weighted by Gasteiger charge is 2.12. The van der Waals surface area contributed by atoms with Crippen molar-refractivity contribution in [1.29, 1.82) is 0 Å². The molecule has 0 saturated carbocycles. The summed E-state index contributed by atoms with van der Waals surface area (Å²) in [5.41, 5.74) is 0. The molecule has 1 fully saturated rings. The van der Waals surface area contributed by atoms with Crippen molar-refractivity contribution in [1.82, 2.24) is 0 Å². The van der Waals surface area contributed by atoms with E-state index in [-0.39, 0.29) is 6.29 Å². The zero-order chi connectivity index (χ0) is 6.53. The lowest BCUT2D eigenvalue weighted by atomic mass is 10.4. The van der Waals surface area contributed by atoms with Crippen LogP contribution in [0.2, 0.25) is 0 Å². The van der Waals surface area contributed by atoms with E-state index in [0.29, 0.717) is 19.8 Å². The monoisotopic (exact) mass is 131 g/mol. The van der Waals surface area contributed by atoms with Crippen molar-refractivity contribution in [3.8, 4) is 0 Å². The van der Waals surface area contributed by atoms with E-state index in [1.165, 1.54) is 0 Å². The maximum absolute atomic E-state index is 5.12. The number of methoxy groups -OCH3 is 1. The molecule has 1 aliphatic heterocycles. The zero-order valence-electron chi connectivity index (χ0n) is 5.50. The van der Waals surface area contributed by atoms with Crippen LogP contribution in [0.5, 0.6) is 0 Å². The van der Waals surface area contributed by atoms with Crippen molar-refractivity contribution < 1.29 is 14.2 Å². The molecular weight excluding hydrogens is 120 g/mol. The molecule has 0 aromatic heterocycles. The summed E-state index contributed by atoms with van der Waals surface area (Å²) < 4.78 is 15.0. The molecule has 1 aliphatic rings. The molecule has 0 N–H and O–H groups in total. The van der Waals surface area contributed by atoms with E-state index < -0.39 is 0 Å². The van der Waals surface area contributed by atoms with Crippen molar-refractivity contribution in [3.63, 3.8) is 0 Å². The summed E-state index contributed by atoms with van der Waals surface area (Å²) in [6.45, 7) is 1.87. The zero-order valence-corrected chi connectivity index (χ0v) is 5.50. The van der Waals surface area contributed by atoms with Gasteiger partial charge < -0.3 is 14.2 Å². The number of hydrogen-bond donors (Lipinski definition) is 0. The smallest absolute Gasteiger partial charge is 0.180 e. The molecule has 9 heavy (non-hydrogen) atoms. The predicted octanol–water partition coefficient (Wildman–Crippen LogP) is 0.210. The molecule has 1 heterocycles. The van der Waals surface area contributed by atoms with Gasteiger partial charge in [-0.25, -0.2) is 0 Å². The highest BCUT2D eigenvalue weighted by Crippen LogP contribution is 2.02. The maximum atomic E-state index is 5.12. The Balaban J connectivity index is 2.08. The van der Waals surface area contributed by atoms with Gasteiger partial charge in [0.1, 0.15) is 0 Å². The fourth-order valence-corrected chi connectivity index (χ4v) is 0.679. The molecule has 0 bridgehead atoms. The second-order valence-electron chi connectivity index (χ2n) is 1.84. The largest absolute Gasteiger partial charge is 0.379 e. The van der Waals surface area contributed by atoms with Gasteiger partial charge in [-0.3, -0.25) is 0 Å². The summed E-state index contributed by atoms with van der Waals surface area (Å²) in [6.07, 6.45) is 1.78. The fraction of sp³-hybridized carbons (Fsp3) is 0.833. The quantitative estimate of drug-likeness (QED) is 0.536. The minimum Gasteiger partial charge on any atom is -0.379 e. The van der Waals surface area contributed by atoms with Gasteiger partial charge in [0.2, 0.25) is 0 Å². The average molecular weight is 131 g/mol. The summed E-state index contributed by atoms with van der Waals surface area (Å²) in [5, 5.41) is 0. The van der Waals surface area contributed by atoms with Crippen LogP contribution in [0.1, 0.15) is 0 Å². The van der Waals surface area contributed by atoms with Crippen molar-refractivity contribution in [3.05, 3.63) is 6.42 Å². The second-order valence-corrected chi connectivity index (χ2v) is 1.84. The third-order valence-electron chi connectivity index (χ3n) is 1.10. The maximum Gasteiger partial charge on any atom is 0.180 e. The summed E-state index contributed by atoms with van der Waals surface area (Å²) in [6, 6.07) is 0. The first kappa shape index (κ1) is 6.99. The van der Waals surface area contributed by atoms with E-state index in [9.17, 15) is 0 Å². The number of ether oxygens (including phenoxy) is 3. The van der Waals surface area contributed by atoms with E-state index >= 15 is 0 Å². The average Bonchev–Trinajstić information content (AvgIpc) is 1.91. The van der Waals surface area contributed by atoms with Crippen LogP contribution < -0.4 is 0 Å². The van der Waals surface area contributed by atoms with E-state index in [2.05, 4.69) is 0 Å². The summed E-state index contributed by atoms with van der Waals surface area (Å²) in [4.78, 5) is 0. The summed E-state index contributed by atoms with van der Waals surface area (Å²) in [7, 11) is 1.63. The molecular formula is C6H11O3. The van der Waals surface area contributed by atoms with Gasteiger partial charge in [-0.05, 0) is 0 Å². The number of hydrogen-bond acceptors (Lipinski definition) is 3. The highest BCUT2D eigenvalue weighted by molar-refractivity contribution is 4.66. The molecule has 3 heteroatoms. The molecule has 0 unspecified atom stereocenters. The van der Waals surface area contributed by atoms with E-state index in [1.807, 2.05) is 6.42 Å². The Bertz CT molecular complexity index is 65.9. The Hall–Kier alpha value is -0.120. The van der Waals surface area contributed by atoms with Gasteiger partial charge >= 0.3 is 0 Å². The molecule has 1 radical (unpaired) electrons. The fourth-order valence-electron chi connectivity index (χ4n) is 0.679. The first-order valence-corrected chi connectivity index (χ1v) is 2.97. The first-order chi connectivity index (χ1) is 4.43. The lowest BCUT2D eigenvalue weighted by molar-refractivity contribution is -0.181. The molecule has 53 valence electrons. The predicted molar refractivity (Wildman–Crippen MR) is 31.9 cm³/mol. The van der Waals surface area contributed by atoms with Gasteiger partial charge in [0, 0.05) is 13.5 Å². The van der Waals surface area contributed by atoms with Crippen molar-refractivity contribution >= 4 is 0 Å². The molecule has 0 aromatic rings. The Morgan fingerprint density at radius 3 is 2.78 bits per heavy atom. The van der Waals surface area contributed by atoms with Gasteiger partial charge in [-0.2, -0.15) is 0 Å². The highest BCUT2D eigenvalue weighted by atomic mass is 16.7. The Labute approximate surface area is 54.9 Å². The minimum absolute atomic E-state index is 0.153. The third kappa shape index (κ3) is 2.30. The Kier molecular flexibility index (Phi) is 2.97. The summed E-state index contributed by atoms with van der Waals surface area (Å²) >= 11 is 0. The molecule has 0 amide bonds. The van der Waals surface area contributed by atoms with Gasteiger partial charge in [0.15, 0.2) is 6.29 Å². The van der Waals surface area contributed by atoms with Crippen LogP contribution in [0.3, 0.4) is 0 Å². The van der Waals surface area contributed by atoms with Gasteiger partial charge in [-0.1, -0.05) is 0 Å². The minimum atomic E-state index is -0.153. The lowest BCUT2D eigenvalue weighted by Gasteiger charge is -2.21. The van der Waals surface area contributed by atoms with E-state index in [4.69, 9.17) is 14.2 Å². The molecule has 3 nitrogen and oxygen atoms in total. The van der Waals surface area contributed by atoms with Crippen molar-refractivity contribution in [2.24, 2.45) is 0 Å². The second kappa shape index (κ2) is 3.82. The molecule has 0 aromatic carbocycles. The van der Waals surface area contributed by atoms with Crippen molar-refractivity contribution in [2.75, 3.05) is 26.9 Å². The molecule has 0 aliphatic carbocycles. The molecule has 0 spiro atoms. The van der Waals surface area contributed by atoms with Crippen LogP contribution in [0.25, 0.3) is 0 Å². The van der Waals surface area contributed by atoms with Gasteiger partial charge in [0.05, 0.1) is 19.8 Å². The van der Waals surface area contributed by atoms with Crippen LogP contribution in [-0.4, -0.2) is 33.2 Å². The van der Waals surface area contributed by atoms with Gasteiger partial charge in [-0.15, -0.1) is 0 Å². The summed E-state index contributed by atoms with van der Waals surface area (Å²) in [5.74, 6) is 0. The first-order valence-electron chi connectivity index (χ1n) is 2.97. The molecule has 1 saturated heterocycles. The third-order valence-corrected chi connectivity index (χ3v) is 1.10. The van der Waals surface area contributed by atoms with Crippen LogP contribution in [-0.2, 0) is 14.2 Å². The van der Waals surface area contributed by atoms with Gasteiger partial charge in [0.25, 0.3) is 0 Å². The van der Waals surface area contributed by atoms with Crippen molar-refractivity contribution in [2.45, 2.75) is 6.29 Å². The number of rotatable bonds is 2. The van der Waals surface area contributed by atoms with E-state index in [0.717, 1.165) is 0 Å². The topological polar surface area (TPSA) is 27.7 Å². The van der Waals surface area contributed by atoms with Crippen LogP contribution in [0.4, 0.5) is 0 Å². The Morgan fingerprint density at radius 1 is 1.56 bits per heavy atom. The Morgan fingerprint density at radius 2 is 2.22 bits per heavy atom. The van der Waals surface area contributed by atoms with Crippen LogP contribution in [0, 0.1) is 6.42 Å². The lowest BCUT2D eigenvalue weighted by Crippen LogP contribution is -2.29. The van der Waals surface area contributed by atoms with Crippen LogP contribution >= 0.6 is 0 Å². The molecule has 0 atom stereocenters. The van der Waals surface area contributed by atoms with E-state index in [1.54, 1.807) is 7.11 Å². The van der Waals surface area contributed by atoms with Crippen LogP contribution in [0.15, 0.2) is 0 Å².